The third kappa shape index (κ3) is 1.44. The van der Waals surface area contributed by atoms with Gasteiger partial charge in [-0.1, -0.05) is 6.07 Å². The third-order valence-electron chi connectivity index (χ3n) is 2.49. The van der Waals surface area contributed by atoms with E-state index in [1.807, 2.05) is 0 Å². The van der Waals surface area contributed by atoms with Gasteiger partial charge in [-0.3, -0.25) is 4.79 Å². The summed E-state index contributed by atoms with van der Waals surface area (Å²) in [5.74, 6) is -0.694. The van der Waals surface area contributed by atoms with Crippen LogP contribution >= 0.6 is 0 Å². The predicted molar refractivity (Wildman–Crippen MR) is 50.2 cm³/mol. The Balaban J connectivity index is 2.17. The van der Waals surface area contributed by atoms with Gasteiger partial charge < -0.3 is 15.9 Å². The second-order valence-corrected chi connectivity index (χ2v) is 3.53. The highest BCUT2D eigenvalue weighted by molar-refractivity contribution is 5.74. The molecule has 0 bridgehead atoms. The van der Waals surface area contributed by atoms with Gasteiger partial charge in [0.1, 0.15) is 11.8 Å². The molecule has 74 valence electrons. The topological polar surface area (TPSA) is 83.5 Å². The average Bonchev–Trinajstić information content (AvgIpc) is 2.89. The van der Waals surface area contributed by atoms with Crippen LogP contribution in [-0.4, -0.2) is 22.2 Å². The second kappa shape index (κ2) is 2.99. The number of hydrogen-bond acceptors (Lipinski definition) is 3. The Hall–Kier alpha value is -1.55. The van der Waals surface area contributed by atoms with Crippen molar-refractivity contribution in [1.82, 2.24) is 0 Å². The van der Waals surface area contributed by atoms with Crippen LogP contribution in [0.4, 0.5) is 0 Å². The molecule has 0 radical (unpaired) electrons. The summed E-state index contributed by atoms with van der Waals surface area (Å²) in [6, 6.07) is 2.48. The van der Waals surface area contributed by atoms with Crippen molar-refractivity contribution >= 4 is 5.97 Å². The van der Waals surface area contributed by atoms with Crippen LogP contribution in [0.15, 0.2) is 12.1 Å². The molecule has 0 aliphatic heterocycles. The first-order valence-corrected chi connectivity index (χ1v) is 4.40. The van der Waals surface area contributed by atoms with E-state index in [0.29, 0.717) is 12.2 Å². The fourth-order valence-corrected chi connectivity index (χ4v) is 1.58. The van der Waals surface area contributed by atoms with Crippen LogP contribution in [0.5, 0.6) is 5.75 Å². The SMILES string of the molecule is N[C@@H](Cc1ccc(O)c2c1C2)C(=O)O. The van der Waals surface area contributed by atoms with Crippen LogP contribution < -0.4 is 5.73 Å². The van der Waals surface area contributed by atoms with E-state index in [0.717, 1.165) is 23.1 Å². The lowest BCUT2D eigenvalue weighted by Crippen LogP contribution is -2.32. The lowest BCUT2D eigenvalue weighted by Gasteiger charge is -2.05. The Kier molecular flexibility index (Phi) is 1.93. The number of carboxylic acids is 1. The maximum absolute atomic E-state index is 10.5. The number of phenols is 1. The van der Waals surface area contributed by atoms with Crippen LogP contribution in [0.3, 0.4) is 0 Å². The van der Waals surface area contributed by atoms with Gasteiger partial charge in [0.15, 0.2) is 0 Å². The van der Waals surface area contributed by atoms with Crippen LogP contribution in [0, 0.1) is 0 Å². The Morgan fingerprint density at radius 3 is 2.86 bits per heavy atom. The Bertz CT molecular complexity index is 401. The van der Waals surface area contributed by atoms with Gasteiger partial charge in [0, 0.05) is 12.0 Å². The first-order chi connectivity index (χ1) is 6.59. The summed E-state index contributed by atoms with van der Waals surface area (Å²) in [5, 5.41) is 17.9. The fraction of sp³-hybridized carbons (Fsp3) is 0.300. The molecular formula is C10H11NO3. The lowest BCUT2D eigenvalue weighted by atomic mass is 10.1. The molecule has 14 heavy (non-hydrogen) atoms. The van der Waals surface area contributed by atoms with Gasteiger partial charge in [-0.05, 0) is 23.6 Å². The van der Waals surface area contributed by atoms with Crippen molar-refractivity contribution < 1.29 is 15.0 Å². The number of phenolic OH excluding ortho intramolecular Hbond substituents is 1. The molecule has 2 rings (SSSR count). The molecule has 0 saturated heterocycles. The molecular weight excluding hydrogens is 182 g/mol. The summed E-state index contributed by atoms with van der Waals surface area (Å²) in [7, 11) is 0. The zero-order chi connectivity index (χ0) is 10.3. The van der Waals surface area contributed by atoms with E-state index in [9.17, 15) is 9.90 Å². The number of rotatable bonds is 3. The number of hydrogen-bond donors (Lipinski definition) is 3. The van der Waals surface area contributed by atoms with Gasteiger partial charge in [-0.25, -0.2) is 0 Å². The minimum Gasteiger partial charge on any atom is -0.508 e. The Morgan fingerprint density at radius 1 is 1.50 bits per heavy atom. The molecule has 1 aromatic rings. The van der Waals surface area contributed by atoms with E-state index in [1.165, 1.54) is 0 Å². The monoisotopic (exact) mass is 193 g/mol. The van der Waals surface area contributed by atoms with Crippen molar-refractivity contribution in [2.75, 3.05) is 0 Å². The highest BCUT2D eigenvalue weighted by Gasteiger charge is 2.26. The van der Waals surface area contributed by atoms with E-state index in [-0.39, 0.29) is 0 Å². The van der Waals surface area contributed by atoms with E-state index < -0.39 is 12.0 Å². The molecule has 1 aromatic carbocycles. The van der Waals surface area contributed by atoms with Crippen molar-refractivity contribution in [2.24, 2.45) is 5.73 Å². The van der Waals surface area contributed by atoms with E-state index in [1.54, 1.807) is 12.1 Å². The Morgan fingerprint density at radius 2 is 2.21 bits per heavy atom. The molecule has 4 nitrogen and oxygen atoms in total. The van der Waals surface area contributed by atoms with Crippen LogP contribution in [0.25, 0.3) is 0 Å². The standard InChI is InChI=1S/C10H11NO3/c11-8(10(13)14)3-5-1-2-9(12)7-4-6(5)7/h1-2,8,12H,3-4,11H2,(H,13,14)/t8-/m0/s1. The number of benzene rings is 1. The molecule has 0 unspecified atom stereocenters. The van der Waals surface area contributed by atoms with Gasteiger partial charge in [-0.15, -0.1) is 0 Å². The molecule has 0 amide bonds. The molecule has 0 spiro atoms. The number of aliphatic carboxylic acids is 1. The minimum absolute atomic E-state index is 0.299. The van der Waals surface area contributed by atoms with Crippen LogP contribution in [0.1, 0.15) is 16.7 Å². The molecule has 4 N–H and O–H groups in total. The number of fused-ring (bicyclic) bond motifs is 1. The largest absolute Gasteiger partial charge is 0.508 e. The van der Waals surface area contributed by atoms with Crippen molar-refractivity contribution in [3.8, 4) is 5.75 Å². The minimum atomic E-state index is -0.993. The number of carbonyl (C=O) groups is 1. The third-order valence-corrected chi connectivity index (χ3v) is 2.49. The molecule has 0 heterocycles. The Labute approximate surface area is 81.0 Å². The average molecular weight is 193 g/mol. The van der Waals surface area contributed by atoms with Gasteiger partial charge in [0.2, 0.25) is 0 Å². The molecule has 4 heteroatoms. The maximum atomic E-state index is 10.5. The molecule has 0 saturated carbocycles. The zero-order valence-corrected chi connectivity index (χ0v) is 7.53. The summed E-state index contributed by atoms with van der Waals surface area (Å²) in [6.07, 6.45) is 1.10. The number of carboxylic acid groups (broad SMARTS) is 1. The molecule has 1 aliphatic rings. The van der Waals surface area contributed by atoms with Gasteiger partial charge >= 0.3 is 5.97 Å². The van der Waals surface area contributed by atoms with E-state index in [2.05, 4.69) is 0 Å². The summed E-state index contributed by atoms with van der Waals surface area (Å²) < 4.78 is 0. The zero-order valence-electron chi connectivity index (χ0n) is 7.53. The van der Waals surface area contributed by atoms with Gasteiger partial charge in [0.25, 0.3) is 0 Å². The number of nitrogens with two attached hydrogens (primary N) is 1. The second-order valence-electron chi connectivity index (χ2n) is 3.53. The molecule has 0 fully saturated rings. The van der Waals surface area contributed by atoms with Crippen LogP contribution in [0.2, 0.25) is 0 Å². The predicted octanol–water partition coefficient (Wildman–Crippen LogP) is 0.251. The van der Waals surface area contributed by atoms with Crippen molar-refractivity contribution in [1.29, 1.82) is 0 Å². The first-order valence-electron chi connectivity index (χ1n) is 4.40. The number of aromatic hydroxyl groups is 1. The van der Waals surface area contributed by atoms with Crippen molar-refractivity contribution in [3.05, 3.63) is 28.8 Å². The van der Waals surface area contributed by atoms with Crippen molar-refractivity contribution in [2.45, 2.75) is 18.9 Å². The lowest BCUT2D eigenvalue weighted by molar-refractivity contribution is -0.138. The summed E-state index contributed by atoms with van der Waals surface area (Å²) in [5.41, 5.74) is 8.34. The quantitative estimate of drug-likeness (QED) is 0.652. The van der Waals surface area contributed by atoms with Crippen LogP contribution in [-0.2, 0) is 17.6 Å². The summed E-state index contributed by atoms with van der Waals surface area (Å²) in [4.78, 5) is 10.5. The molecule has 0 aromatic heterocycles. The normalized spacial score (nSPS) is 14.6. The highest BCUT2D eigenvalue weighted by Crippen LogP contribution is 2.39. The first kappa shape index (κ1) is 9.02. The fourth-order valence-electron chi connectivity index (χ4n) is 1.58. The molecule has 1 aliphatic carbocycles. The van der Waals surface area contributed by atoms with E-state index >= 15 is 0 Å². The van der Waals surface area contributed by atoms with Gasteiger partial charge in [0.05, 0.1) is 0 Å². The van der Waals surface area contributed by atoms with Crippen molar-refractivity contribution in [3.63, 3.8) is 0 Å². The van der Waals surface area contributed by atoms with Gasteiger partial charge in [-0.2, -0.15) is 0 Å². The summed E-state index contributed by atoms with van der Waals surface area (Å²) >= 11 is 0. The summed E-state index contributed by atoms with van der Waals surface area (Å²) in [6.45, 7) is 0. The highest BCUT2D eigenvalue weighted by atomic mass is 16.4. The van der Waals surface area contributed by atoms with E-state index in [4.69, 9.17) is 10.8 Å². The molecule has 1 atom stereocenters. The maximum Gasteiger partial charge on any atom is 0.320 e. The smallest absolute Gasteiger partial charge is 0.320 e.